The Morgan fingerprint density at radius 1 is 1.12 bits per heavy atom. The summed E-state index contributed by atoms with van der Waals surface area (Å²) in [5.74, 6) is 1.41. The van der Waals surface area contributed by atoms with Crippen molar-refractivity contribution >= 4 is 22.9 Å². The van der Waals surface area contributed by atoms with Crippen molar-refractivity contribution < 1.29 is 9.47 Å². The van der Waals surface area contributed by atoms with Crippen molar-refractivity contribution in [2.45, 2.75) is 19.5 Å². The molecule has 0 spiro atoms. The van der Waals surface area contributed by atoms with Crippen LogP contribution in [0.15, 0.2) is 47.8 Å². The molecule has 0 aliphatic rings. The molecule has 0 unspecified atom stereocenters. The molecule has 0 saturated heterocycles. The lowest BCUT2D eigenvalue weighted by molar-refractivity contribution is 0.355. The van der Waals surface area contributed by atoms with Gasteiger partial charge in [-0.1, -0.05) is 29.8 Å². The van der Waals surface area contributed by atoms with Gasteiger partial charge in [-0.3, -0.25) is 0 Å². The molecule has 136 valence electrons. The van der Waals surface area contributed by atoms with Crippen molar-refractivity contribution in [1.29, 1.82) is 0 Å². The highest BCUT2D eigenvalue weighted by Gasteiger charge is 2.12. The van der Waals surface area contributed by atoms with Gasteiger partial charge < -0.3 is 14.8 Å². The average Bonchev–Trinajstić information content (AvgIpc) is 3.15. The fourth-order valence-corrected chi connectivity index (χ4v) is 3.80. The lowest BCUT2D eigenvalue weighted by Gasteiger charge is -2.14. The monoisotopic (exact) mass is 388 g/mol. The Morgan fingerprint density at radius 2 is 1.88 bits per heavy atom. The summed E-state index contributed by atoms with van der Waals surface area (Å²) < 4.78 is 10.7. The summed E-state index contributed by atoms with van der Waals surface area (Å²) in [6, 6.07) is 13.9. The van der Waals surface area contributed by atoms with Gasteiger partial charge >= 0.3 is 0 Å². The Balaban J connectivity index is 1.69. The van der Waals surface area contributed by atoms with E-state index < -0.39 is 0 Å². The Hall–Kier alpha value is -2.08. The second-order valence-electron chi connectivity index (χ2n) is 5.84. The number of halogens is 1. The van der Waals surface area contributed by atoms with E-state index in [0.29, 0.717) is 18.0 Å². The lowest BCUT2D eigenvalue weighted by Crippen LogP contribution is -2.18. The van der Waals surface area contributed by atoms with E-state index in [9.17, 15) is 0 Å². The molecule has 26 heavy (non-hydrogen) atoms. The van der Waals surface area contributed by atoms with Crippen molar-refractivity contribution in [3.05, 3.63) is 64.1 Å². The van der Waals surface area contributed by atoms with Crippen LogP contribution in [-0.2, 0) is 6.54 Å². The topological polar surface area (TPSA) is 43.4 Å². The van der Waals surface area contributed by atoms with Gasteiger partial charge in [0.15, 0.2) is 11.5 Å². The summed E-state index contributed by atoms with van der Waals surface area (Å²) in [5.41, 5.74) is 3.10. The van der Waals surface area contributed by atoms with Crippen LogP contribution in [0.2, 0.25) is 5.02 Å². The van der Waals surface area contributed by atoms with Crippen LogP contribution in [0.3, 0.4) is 0 Å². The van der Waals surface area contributed by atoms with Gasteiger partial charge in [0, 0.05) is 28.6 Å². The summed E-state index contributed by atoms with van der Waals surface area (Å²) in [5, 5.41) is 7.27. The largest absolute Gasteiger partial charge is 0.493 e. The standard InChI is InChI=1S/C20H21ClN2O2S/c1-13(16-6-4-5-7-17(16)21)22-11-15-12-26-20(23-15)14-8-9-18(24-2)19(10-14)25-3/h4-10,12-13,22H,11H2,1-3H3/t13-/m1/s1. The van der Waals surface area contributed by atoms with Crippen LogP contribution in [0.5, 0.6) is 11.5 Å². The van der Waals surface area contributed by atoms with Crippen molar-refractivity contribution in [3.8, 4) is 22.1 Å². The fraction of sp³-hybridized carbons (Fsp3) is 0.250. The third-order valence-corrected chi connectivity index (χ3v) is 5.43. The minimum atomic E-state index is 0.148. The van der Waals surface area contributed by atoms with Gasteiger partial charge in [0.05, 0.1) is 19.9 Å². The van der Waals surface area contributed by atoms with Crippen LogP contribution < -0.4 is 14.8 Å². The smallest absolute Gasteiger partial charge is 0.161 e. The van der Waals surface area contributed by atoms with E-state index >= 15 is 0 Å². The van der Waals surface area contributed by atoms with Crippen molar-refractivity contribution in [2.75, 3.05) is 14.2 Å². The summed E-state index contributed by atoms with van der Waals surface area (Å²) >= 11 is 7.87. The number of methoxy groups -OCH3 is 2. The molecule has 0 amide bonds. The molecule has 3 aromatic rings. The number of rotatable bonds is 7. The van der Waals surface area contributed by atoms with Gasteiger partial charge in [0.25, 0.3) is 0 Å². The molecule has 0 saturated carbocycles. The minimum Gasteiger partial charge on any atom is -0.493 e. The van der Waals surface area contributed by atoms with Gasteiger partial charge in [-0.2, -0.15) is 0 Å². The van der Waals surface area contributed by atoms with Gasteiger partial charge in [-0.05, 0) is 36.8 Å². The van der Waals surface area contributed by atoms with Crippen molar-refractivity contribution in [3.63, 3.8) is 0 Å². The Kier molecular flexibility index (Phi) is 6.14. The molecule has 0 fully saturated rings. The molecule has 0 radical (unpaired) electrons. The molecule has 1 atom stereocenters. The number of ether oxygens (including phenoxy) is 2. The maximum atomic E-state index is 6.26. The first-order valence-corrected chi connectivity index (χ1v) is 9.52. The number of aromatic nitrogens is 1. The molecule has 0 bridgehead atoms. The van der Waals surface area contributed by atoms with Crippen molar-refractivity contribution in [1.82, 2.24) is 10.3 Å². The molecule has 1 aromatic heterocycles. The van der Waals surface area contributed by atoms with Crippen LogP contribution >= 0.6 is 22.9 Å². The second-order valence-corrected chi connectivity index (χ2v) is 7.10. The van der Waals surface area contributed by atoms with Crippen LogP contribution in [0.4, 0.5) is 0 Å². The molecule has 1 heterocycles. The van der Waals surface area contributed by atoms with Crippen LogP contribution in [0.1, 0.15) is 24.2 Å². The number of benzene rings is 2. The number of nitrogens with one attached hydrogen (secondary N) is 1. The van der Waals surface area contributed by atoms with E-state index in [0.717, 1.165) is 26.9 Å². The number of nitrogens with zero attached hydrogens (tertiary/aromatic N) is 1. The summed E-state index contributed by atoms with van der Waals surface area (Å²) in [4.78, 5) is 4.73. The zero-order chi connectivity index (χ0) is 18.5. The maximum Gasteiger partial charge on any atom is 0.161 e. The highest BCUT2D eigenvalue weighted by Crippen LogP contribution is 2.33. The summed E-state index contributed by atoms with van der Waals surface area (Å²) in [6.45, 7) is 2.78. The van der Waals surface area contributed by atoms with Gasteiger partial charge in [0.1, 0.15) is 5.01 Å². The quantitative estimate of drug-likeness (QED) is 0.594. The van der Waals surface area contributed by atoms with Gasteiger partial charge in [-0.25, -0.2) is 4.98 Å². The lowest BCUT2D eigenvalue weighted by atomic mass is 10.1. The van der Waals surface area contributed by atoms with E-state index in [1.807, 2.05) is 42.5 Å². The molecule has 1 N–H and O–H groups in total. The van der Waals surface area contributed by atoms with Crippen LogP contribution in [0, 0.1) is 0 Å². The minimum absolute atomic E-state index is 0.148. The van der Waals surface area contributed by atoms with E-state index in [2.05, 4.69) is 17.6 Å². The first kappa shape index (κ1) is 18.7. The molecular formula is C20H21ClN2O2S. The highest BCUT2D eigenvalue weighted by molar-refractivity contribution is 7.13. The van der Waals surface area contributed by atoms with E-state index in [1.54, 1.807) is 25.6 Å². The van der Waals surface area contributed by atoms with Crippen LogP contribution in [0.25, 0.3) is 10.6 Å². The average molecular weight is 389 g/mol. The van der Waals surface area contributed by atoms with E-state index in [4.69, 9.17) is 26.1 Å². The van der Waals surface area contributed by atoms with Gasteiger partial charge in [-0.15, -0.1) is 11.3 Å². The van der Waals surface area contributed by atoms with E-state index in [-0.39, 0.29) is 6.04 Å². The SMILES string of the molecule is COc1ccc(-c2nc(CN[C@H](C)c3ccccc3Cl)cs2)cc1OC. The first-order valence-electron chi connectivity index (χ1n) is 8.27. The molecule has 6 heteroatoms. The third kappa shape index (κ3) is 4.18. The van der Waals surface area contributed by atoms with Gasteiger partial charge in [0.2, 0.25) is 0 Å². The predicted molar refractivity (Wildman–Crippen MR) is 107 cm³/mol. The molecule has 3 rings (SSSR count). The maximum absolute atomic E-state index is 6.26. The molecule has 0 aliphatic carbocycles. The summed E-state index contributed by atoms with van der Waals surface area (Å²) in [7, 11) is 3.26. The zero-order valence-electron chi connectivity index (χ0n) is 15.0. The number of thiazole rings is 1. The Labute approximate surface area is 162 Å². The first-order chi connectivity index (χ1) is 12.6. The Bertz CT molecular complexity index is 882. The predicted octanol–water partition coefficient (Wildman–Crippen LogP) is 5.33. The second kappa shape index (κ2) is 8.54. The Morgan fingerprint density at radius 3 is 2.62 bits per heavy atom. The zero-order valence-corrected chi connectivity index (χ0v) is 16.5. The van der Waals surface area contributed by atoms with Crippen molar-refractivity contribution in [2.24, 2.45) is 0 Å². The van der Waals surface area contributed by atoms with Crippen LogP contribution in [-0.4, -0.2) is 19.2 Å². The number of hydrogen-bond donors (Lipinski definition) is 1. The third-order valence-electron chi connectivity index (χ3n) is 4.14. The molecular weight excluding hydrogens is 368 g/mol. The number of hydrogen-bond acceptors (Lipinski definition) is 5. The summed E-state index contributed by atoms with van der Waals surface area (Å²) in [6.07, 6.45) is 0. The normalized spacial score (nSPS) is 12.0. The molecule has 0 aliphatic heterocycles. The molecule has 2 aromatic carbocycles. The van der Waals surface area contributed by atoms with E-state index in [1.165, 1.54) is 0 Å². The fourth-order valence-electron chi connectivity index (χ4n) is 2.68. The highest BCUT2D eigenvalue weighted by atomic mass is 35.5. The molecule has 4 nitrogen and oxygen atoms in total.